The van der Waals surface area contributed by atoms with E-state index >= 15 is 0 Å². The summed E-state index contributed by atoms with van der Waals surface area (Å²) in [6, 6.07) is -0.688. The van der Waals surface area contributed by atoms with Crippen molar-refractivity contribution in [2.24, 2.45) is 0 Å². The van der Waals surface area contributed by atoms with E-state index < -0.39 is 26.3 Å². The predicted octanol–water partition coefficient (Wildman–Crippen LogP) is 1.60. The molecule has 0 radical (unpaired) electrons. The molecule has 0 aromatic rings. The molecular formula is C4H9F3OSSi. The third-order valence-corrected chi connectivity index (χ3v) is 2.68. The maximum atomic E-state index is 11.5. The SMILES string of the molecule is C[S+]([O-])CCC[Si](F)(F)F. The van der Waals surface area contributed by atoms with Crippen LogP contribution in [0, 0.1) is 0 Å². The monoisotopic (exact) mass is 190 g/mol. The highest BCUT2D eigenvalue weighted by atomic mass is 32.2. The predicted molar refractivity (Wildman–Crippen MR) is 37.4 cm³/mol. The molecule has 0 saturated carbocycles. The zero-order valence-corrected chi connectivity index (χ0v) is 7.39. The molecule has 1 atom stereocenters. The van der Waals surface area contributed by atoms with Crippen LogP contribution < -0.4 is 0 Å². The molecule has 0 N–H and O–H groups in total. The van der Waals surface area contributed by atoms with Crippen LogP contribution in [0.5, 0.6) is 0 Å². The molecule has 0 aliphatic rings. The molecule has 0 rings (SSSR count). The maximum Gasteiger partial charge on any atom is 0.616 e. The fourth-order valence-corrected chi connectivity index (χ4v) is 1.86. The molecule has 0 fully saturated rings. The summed E-state index contributed by atoms with van der Waals surface area (Å²) >= 11 is -1.08. The molecular weight excluding hydrogens is 181 g/mol. The van der Waals surface area contributed by atoms with Gasteiger partial charge < -0.3 is 4.55 Å². The van der Waals surface area contributed by atoms with Crippen molar-refractivity contribution in [1.82, 2.24) is 0 Å². The number of hydrogen-bond donors (Lipinski definition) is 0. The van der Waals surface area contributed by atoms with E-state index in [0.717, 1.165) is 0 Å². The van der Waals surface area contributed by atoms with Crippen molar-refractivity contribution >= 4 is 20.3 Å². The Kier molecular flexibility index (Phi) is 4.38. The summed E-state index contributed by atoms with van der Waals surface area (Å²) in [5, 5.41) is 0. The summed E-state index contributed by atoms with van der Waals surface area (Å²) in [5.41, 5.74) is 0. The van der Waals surface area contributed by atoms with Crippen LogP contribution in [0.25, 0.3) is 0 Å². The molecule has 0 aromatic carbocycles. The van der Waals surface area contributed by atoms with Gasteiger partial charge in [0.05, 0.1) is 6.26 Å². The zero-order chi connectivity index (χ0) is 8.20. The summed E-state index contributed by atoms with van der Waals surface area (Å²) in [5.74, 6) is 0.173. The summed E-state index contributed by atoms with van der Waals surface area (Å²) in [7, 11) is -5.36. The fourth-order valence-electron chi connectivity index (χ4n) is 0.476. The van der Waals surface area contributed by atoms with Crippen LogP contribution in [0.3, 0.4) is 0 Å². The maximum absolute atomic E-state index is 11.5. The van der Waals surface area contributed by atoms with Crippen LogP contribution in [0.15, 0.2) is 0 Å². The topological polar surface area (TPSA) is 23.1 Å². The minimum Gasteiger partial charge on any atom is -0.617 e. The van der Waals surface area contributed by atoms with Gasteiger partial charge in [0.2, 0.25) is 0 Å². The summed E-state index contributed by atoms with van der Waals surface area (Å²) < 4.78 is 44.9. The van der Waals surface area contributed by atoms with Gasteiger partial charge in [0.25, 0.3) is 0 Å². The lowest BCUT2D eigenvalue weighted by Gasteiger charge is -2.04. The van der Waals surface area contributed by atoms with E-state index in [1.54, 1.807) is 0 Å². The molecule has 6 heteroatoms. The molecule has 0 aromatic heterocycles. The molecule has 0 saturated heterocycles. The summed E-state index contributed by atoms with van der Waals surface area (Å²) in [4.78, 5) is 0. The minimum atomic E-state index is -5.36. The van der Waals surface area contributed by atoms with Gasteiger partial charge in [-0.05, 0) is 6.42 Å². The van der Waals surface area contributed by atoms with Gasteiger partial charge in [0.15, 0.2) is 0 Å². The van der Waals surface area contributed by atoms with Crippen molar-refractivity contribution in [3.05, 3.63) is 0 Å². The third kappa shape index (κ3) is 8.32. The molecule has 0 heterocycles. The second-order valence-electron chi connectivity index (χ2n) is 2.00. The Bertz CT molecular complexity index is 95.0. The fraction of sp³-hybridized carbons (Fsp3) is 1.00. The first-order valence-corrected chi connectivity index (χ1v) is 6.35. The first-order valence-electron chi connectivity index (χ1n) is 2.78. The van der Waals surface area contributed by atoms with Gasteiger partial charge in [-0.25, -0.2) is 12.3 Å². The van der Waals surface area contributed by atoms with E-state index in [-0.39, 0.29) is 12.2 Å². The number of rotatable bonds is 4. The van der Waals surface area contributed by atoms with E-state index in [2.05, 4.69) is 0 Å². The Morgan fingerprint density at radius 3 is 2.20 bits per heavy atom. The summed E-state index contributed by atoms with van der Waals surface area (Å²) in [6.07, 6.45) is 1.44. The molecule has 0 amide bonds. The van der Waals surface area contributed by atoms with Crippen molar-refractivity contribution in [3.63, 3.8) is 0 Å². The molecule has 62 valence electrons. The Morgan fingerprint density at radius 2 is 1.90 bits per heavy atom. The van der Waals surface area contributed by atoms with E-state index in [4.69, 9.17) is 0 Å². The van der Waals surface area contributed by atoms with Gasteiger partial charge in [-0.3, -0.25) is 0 Å². The van der Waals surface area contributed by atoms with E-state index in [9.17, 15) is 16.9 Å². The molecule has 0 aliphatic heterocycles. The smallest absolute Gasteiger partial charge is 0.616 e. The van der Waals surface area contributed by atoms with Gasteiger partial charge in [-0.2, -0.15) is 0 Å². The van der Waals surface area contributed by atoms with Crippen molar-refractivity contribution in [3.8, 4) is 0 Å². The minimum absolute atomic E-state index is 0.0266. The molecule has 1 unspecified atom stereocenters. The lowest BCUT2D eigenvalue weighted by molar-refractivity contribution is 0.466. The van der Waals surface area contributed by atoms with Gasteiger partial charge in [0.1, 0.15) is 5.75 Å². The molecule has 1 nitrogen and oxygen atoms in total. The lowest BCUT2D eigenvalue weighted by Crippen LogP contribution is -2.16. The molecule has 0 bridgehead atoms. The highest BCUT2D eigenvalue weighted by Crippen LogP contribution is 2.16. The van der Waals surface area contributed by atoms with Crippen LogP contribution in [0.4, 0.5) is 12.3 Å². The van der Waals surface area contributed by atoms with E-state index in [1.165, 1.54) is 6.26 Å². The first-order chi connectivity index (χ1) is 4.42. The van der Waals surface area contributed by atoms with Crippen molar-refractivity contribution in [2.45, 2.75) is 12.5 Å². The highest BCUT2D eigenvalue weighted by Gasteiger charge is 2.35. The van der Waals surface area contributed by atoms with Gasteiger partial charge in [-0.1, -0.05) is 11.2 Å². The third-order valence-electron chi connectivity index (χ3n) is 0.892. The van der Waals surface area contributed by atoms with Crippen molar-refractivity contribution in [2.75, 3.05) is 12.0 Å². The normalized spacial score (nSPS) is 15.3. The van der Waals surface area contributed by atoms with Gasteiger partial charge in [-0.15, -0.1) is 0 Å². The largest absolute Gasteiger partial charge is 0.617 e. The Hall–Kier alpha value is 0.317. The molecule has 0 spiro atoms. The Balaban J connectivity index is 3.21. The van der Waals surface area contributed by atoms with Crippen LogP contribution in [-0.4, -0.2) is 25.6 Å². The van der Waals surface area contributed by atoms with Crippen LogP contribution in [0.1, 0.15) is 6.42 Å². The Morgan fingerprint density at radius 1 is 1.40 bits per heavy atom. The van der Waals surface area contributed by atoms with Crippen LogP contribution >= 0.6 is 0 Å². The van der Waals surface area contributed by atoms with E-state index in [1.807, 2.05) is 0 Å². The first kappa shape index (κ1) is 10.3. The lowest BCUT2D eigenvalue weighted by atomic mass is 10.6. The average Bonchev–Trinajstić information content (AvgIpc) is 1.59. The van der Waals surface area contributed by atoms with Crippen LogP contribution in [-0.2, 0) is 11.2 Å². The Labute approximate surface area is 62.3 Å². The average molecular weight is 190 g/mol. The van der Waals surface area contributed by atoms with Gasteiger partial charge in [0, 0.05) is 6.04 Å². The number of halogens is 3. The zero-order valence-electron chi connectivity index (χ0n) is 5.57. The molecule has 10 heavy (non-hydrogen) atoms. The van der Waals surface area contributed by atoms with Crippen molar-refractivity contribution < 1.29 is 16.9 Å². The second kappa shape index (κ2) is 4.25. The quantitative estimate of drug-likeness (QED) is 0.375. The summed E-state index contributed by atoms with van der Waals surface area (Å²) in [6.45, 7) is 0. The van der Waals surface area contributed by atoms with Crippen LogP contribution in [0.2, 0.25) is 6.04 Å². The van der Waals surface area contributed by atoms with E-state index in [0.29, 0.717) is 0 Å². The number of hydrogen-bond acceptors (Lipinski definition) is 1. The second-order valence-corrected chi connectivity index (χ2v) is 5.28. The van der Waals surface area contributed by atoms with Gasteiger partial charge >= 0.3 is 9.08 Å². The standard InChI is InChI=1S/C4H9F3OSSi/c1-9(8)3-2-4-10(5,6)7/h2-4H2,1H3. The highest BCUT2D eigenvalue weighted by molar-refractivity contribution is 7.90. The van der Waals surface area contributed by atoms with Crippen molar-refractivity contribution in [1.29, 1.82) is 0 Å². The molecule has 0 aliphatic carbocycles.